The van der Waals surface area contributed by atoms with Crippen LogP contribution in [0.25, 0.3) is 54.9 Å². The van der Waals surface area contributed by atoms with Crippen LogP contribution < -0.4 is 4.90 Å². The van der Waals surface area contributed by atoms with Gasteiger partial charge in [0.05, 0.1) is 5.69 Å². The minimum atomic E-state index is -0.0897. The summed E-state index contributed by atoms with van der Waals surface area (Å²) in [4.78, 5) is 2.43. The van der Waals surface area contributed by atoms with E-state index in [0.717, 1.165) is 17.1 Å². The number of para-hydroxylation sites is 1. The van der Waals surface area contributed by atoms with E-state index in [-0.39, 0.29) is 5.41 Å². The monoisotopic (exact) mass is 613 g/mol. The molecule has 228 valence electrons. The average Bonchev–Trinajstić information content (AvgIpc) is 3.38. The van der Waals surface area contributed by atoms with Gasteiger partial charge in [0.25, 0.3) is 0 Å². The van der Waals surface area contributed by atoms with Crippen LogP contribution in [0.5, 0.6) is 0 Å². The molecule has 0 heterocycles. The summed E-state index contributed by atoms with van der Waals surface area (Å²) in [5.74, 6) is 0. The zero-order valence-electron chi connectivity index (χ0n) is 27.2. The van der Waals surface area contributed by atoms with Gasteiger partial charge in [-0.1, -0.05) is 153 Å². The summed E-state index contributed by atoms with van der Waals surface area (Å²) in [7, 11) is 0. The molecule has 0 bridgehead atoms. The smallest absolute Gasteiger partial charge is 0.0540 e. The summed E-state index contributed by atoms with van der Waals surface area (Å²) < 4.78 is 0. The van der Waals surface area contributed by atoms with E-state index in [1.54, 1.807) is 0 Å². The highest BCUT2D eigenvalue weighted by Gasteiger charge is 2.35. The largest absolute Gasteiger partial charge is 0.310 e. The Bertz CT molecular complexity index is 2470. The van der Waals surface area contributed by atoms with E-state index in [9.17, 15) is 0 Å². The maximum atomic E-state index is 2.43. The van der Waals surface area contributed by atoms with Crippen LogP contribution in [0.1, 0.15) is 25.0 Å². The first kappa shape index (κ1) is 28.3. The summed E-state index contributed by atoms with van der Waals surface area (Å²) >= 11 is 0. The Morgan fingerprint density at radius 1 is 0.375 bits per heavy atom. The number of hydrogen-bond donors (Lipinski definition) is 0. The predicted molar refractivity (Wildman–Crippen MR) is 205 cm³/mol. The van der Waals surface area contributed by atoms with Gasteiger partial charge in [0.15, 0.2) is 0 Å². The molecule has 1 nitrogen and oxygen atoms in total. The van der Waals surface area contributed by atoms with Crippen molar-refractivity contribution in [1.82, 2.24) is 0 Å². The van der Waals surface area contributed by atoms with E-state index in [4.69, 9.17) is 0 Å². The molecule has 0 aromatic heterocycles. The maximum Gasteiger partial charge on any atom is 0.0540 e. The first-order valence-corrected chi connectivity index (χ1v) is 16.8. The standard InChI is InChI=1S/C47H35N/c1-47(2)44-22-12-10-21-41(44)42-29-28-36(31-45(42)47)48(46-23-13-11-18-38(46)32-14-4-3-5-15-32)35-26-24-33(25-27-35)43-30-34-16-6-7-17-37(34)39-19-8-9-20-40(39)43/h3-31H,1-2H3. The Labute approximate surface area is 282 Å². The highest BCUT2D eigenvalue weighted by Crippen LogP contribution is 2.51. The van der Waals surface area contributed by atoms with Crippen molar-refractivity contribution in [3.8, 4) is 33.4 Å². The lowest BCUT2D eigenvalue weighted by Gasteiger charge is -2.30. The summed E-state index contributed by atoms with van der Waals surface area (Å²) in [5.41, 5.74) is 13.6. The maximum absolute atomic E-state index is 2.43. The fourth-order valence-corrected chi connectivity index (χ4v) is 7.87. The van der Waals surface area contributed by atoms with Crippen LogP contribution in [0.3, 0.4) is 0 Å². The minimum absolute atomic E-state index is 0.0897. The van der Waals surface area contributed by atoms with Gasteiger partial charge in [0, 0.05) is 22.4 Å². The van der Waals surface area contributed by atoms with Gasteiger partial charge >= 0.3 is 0 Å². The molecule has 0 amide bonds. The van der Waals surface area contributed by atoms with Crippen LogP contribution in [-0.2, 0) is 5.41 Å². The molecule has 1 aliphatic rings. The lowest BCUT2D eigenvalue weighted by Crippen LogP contribution is -2.16. The van der Waals surface area contributed by atoms with Crippen molar-refractivity contribution in [3.63, 3.8) is 0 Å². The lowest BCUT2D eigenvalue weighted by molar-refractivity contribution is 0.660. The normalized spacial score (nSPS) is 13.0. The number of anilines is 3. The third-order valence-corrected chi connectivity index (χ3v) is 10.3. The second-order valence-electron chi connectivity index (χ2n) is 13.4. The molecule has 0 unspecified atom stereocenters. The molecule has 0 N–H and O–H groups in total. The van der Waals surface area contributed by atoms with Crippen LogP contribution in [-0.4, -0.2) is 0 Å². The molecular formula is C47H35N. The van der Waals surface area contributed by atoms with Crippen LogP contribution in [0.4, 0.5) is 17.1 Å². The number of rotatable bonds is 5. The van der Waals surface area contributed by atoms with E-state index < -0.39 is 0 Å². The Morgan fingerprint density at radius 3 is 1.77 bits per heavy atom. The summed E-state index contributed by atoms with van der Waals surface area (Å²) in [6.45, 7) is 4.71. The molecule has 0 saturated heterocycles. The van der Waals surface area contributed by atoms with Crippen molar-refractivity contribution < 1.29 is 0 Å². The van der Waals surface area contributed by atoms with Gasteiger partial charge in [-0.05, 0) is 96.9 Å². The van der Waals surface area contributed by atoms with Crippen molar-refractivity contribution in [1.29, 1.82) is 0 Å². The zero-order valence-corrected chi connectivity index (χ0v) is 27.2. The van der Waals surface area contributed by atoms with Crippen LogP contribution in [0.2, 0.25) is 0 Å². The van der Waals surface area contributed by atoms with Crippen molar-refractivity contribution in [2.45, 2.75) is 19.3 Å². The Balaban J connectivity index is 1.22. The van der Waals surface area contributed by atoms with Gasteiger partial charge in [-0.2, -0.15) is 0 Å². The van der Waals surface area contributed by atoms with Gasteiger partial charge < -0.3 is 4.90 Å². The van der Waals surface area contributed by atoms with Gasteiger partial charge in [0.2, 0.25) is 0 Å². The molecule has 0 saturated carbocycles. The topological polar surface area (TPSA) is 3.24 Å². The van der Waals surface area contributed by atoms with Gasteiger partial charge in [-0.15, -0.1) is 0 Å². The second kappa shape index (κ2) is 11.1. The van der Waals surface area contributed by atoms with Gasteiger partial charge in [0.1, 0.15) is 0 Å². The third kappa shape index (κ3) is 4.47. The SMILES string of the molecule is CC1(C)c2ccccc2-c2ccc(N(c3ccc(-c4cc5ccccc5c5ccccc45)cc3)c3ccccc3-c3ccccc3)cc21. The van der Waals surface area contributed by atoms with Crippen LogP contribution in [0.15, 0.2) is 176 Å². The summed E-state index contributed by atoms with van der Waals surface area (Å²) in [5, 5.41) is 5.11. The molecule has 9 rings (SSSR count). The molecule has 0 fully saturated rings. The third-order valence-electron chi connectivity index (χ3n) is 10.3. The molecule has 0 atom stereocenters. The van der Waals surface area contributed by atoms with Gasteiger partial charge in [-0.25, -0.2) is 0 Å². The first-order chi connectivity index (χ1) is 23.6. The number of fused-ring (bicyclic) bond motifs is 6. The Hall–Kier alpha value is -5.92. The molecule has 1 heteroatoms. The molecule has 8 aromatic carbocycles. The van der Waals surface area contributed by atoms with Crippen molar-refractivity contribution in [2.24, 2.45) is 0 Å². The number of hydrogen-bond acceptors (Lipinski definition) is 1. The Kier molecular flexibility index (Phi) is 6.55. The van der Waals surface area contributed by atoms with Gasteiger partial charge in [-0.3, -0.25) is 0 Å². The van der Waals surface area contributed by atoms with E-state index in [1.807, 2.05) is 0 Å². The average molecular weight is 614 g/mol. The van der Waals surface area contributed by atoms with Crippen molar-refractivity contribution in [2.75, 3.05) is 4.90 Å². The minimum Gasteiger partial charge on any atom is -0.310 e. The highest BCUT2D eigenvalue weighted by atomic mass is 15.1. The fraction of sp³-hybridized carbons (Fsp3) is 0.0638. The second-order valence-corrected chi connectivity index (χ2v) is 13.4. The van der Waals surface area contributed by atoms with E-state index >= 15 is 0 Å². The zero-order chi connectivity index (χ0) is 32.2. The van der Waals surface area contributed by atoms with Crippen LogP contribution >= 0.6 is 0 Å². The lowest BCUT2D eigenvalue weighted by atomic mass is 9.82. The molecule has 0 aliphatic heterocycles. The highest BCUT2D eigenvalue weighted by molar-refractivity contribution is 6.13. The molecular weight excluding hydrogens is 579 g/mol. The number of nitrogens with zero attached hydrogens (tertiary/aromatic N) is 1. The Morgan fingerprint density at radius 2 is 0.958 bits per heavy atom. The van der Waals surface area contributed by atoms with E-state index in [0.29, 0.717) is 0 Å². The molecule has 0 spiro atoms. The predicted octanol–water partition coefficient (Wildman–Crippen LogP) is 13.1. The van der Waals surface area contributed by atoms with Crippen LogP contribution in [0, 0.1) is 0 Å². The summed E-state index contributed by atoms with van der Waals surface area (Å²) in [6, 6.07) is 64.4. The molecule has 48 heavy (non-hydrogen) atoms. The molecule has 8 aromatic rings. The summed E-state index contributed by atoms with van der Waals surface area (Å²) in [6.07, 6.45) is 0. The molecule has 1 aliphatic carbocycles. The fourth-order valence-electron chi connectivity index (χ4n) is 7.87. The first-order valence-electron chi connectivity index (χ1n) is 16.8. The molecule has 0 radical (unpaired) electrons. The van der Waals surface area contributed by atoms with E-state index in [2.05, 4.69) is 195 Å². The van der Waals surface area contributed by atoms with Crippen molar-refractivity contribution >= 4 is 38.6 Å². The van der Waals surface area contributed by atoms with E-state index in [1.165, 1.54) is 66.1 Å². The number of benzene rings is 8. The quantitative estimate of drug-likeness (QED) is 0.175. The van der Waals surface area contributed by atoms with Crippen molar-refractivity contribution in [3.05, 3.63) is 187 Å².